The van der Waals surface area contributed by atoms with Crippen molar-refractivity contribution in [1.82, 2.24) is 14.9 Å². The van der Waals surface area contributed by atoms with Crippen LogP contribution in [0.15, 0.2) is 6.07 Å². The molecule has 0 aromatic carbocycles. The number of hydrogen-bond acceptors (Lipinski definition) is 5. The fourth-order valence-corrected chi connectivity index (χ4v) is 3.40. The average molecular weight is 310 g/mol. The van der Waals surface area contributed by atoms with E-state index in [0.29, 0.717) is 11.2 Å². The van der Waals surface area contributed by atoms with Gasteiger partial charge in [-0.05, 0) is 39.8 Å². The lowest BCUT2D eigenvalue weighted by atomic mass is 10.0. The molecule has 0 N–H and O–H groups in total. The van der Waals surface area contributed by atoms with Crippen molar-refractivity contribution in [1.29, 1.82) is 0 Å². The van der Waals surface area contributed by atoms with Gasteiger partial charge in [0.2, 0.25) is 5.95 Å². The molecule has 2 fully saturated rings. The maximum atomic E-state index is 6.21. The Bertz CT molecular complexity index is 479. The van der Waals surface area contributed by atoms with Crippen molar-refractivity contribution in [2.75, 3.05) is 50.1 Å². The molecular weight excluding hydrogens is 286 g/mol. The lowest BCUT2D eigenvalue weighted by Gasteiger charge is -2.35. The number of rotatable bonds is 3. The Morgan fingerprint density at radius 3 is 2.33 bits per heavy atom. The summed E-state index contributed by atoms with van der Waals surface area (Å²) >= 11 is 6.21. The fourth-order valence-electron chi connectivity index (χ4n) is 3.23. The summed E-state index contributed by atoms with van der Waals surface area (Å²) in [6, 6.07) is 2.56. The van der Waals surface area contributed by atoms with Crippen molar-refractivity contribution in [3.05, 3.63) is 11.2 Å². The Morgan fingerprint density at radius 2 is 1.71 bits per heavy atom. The number of piperidine rings is 1. The molecule has 6 heteroatoms. The van der Waals surface area contributed by atoms with Gasteiger partial charge >= 0.3 is 0 Å². The van der Waals surface area contributed by atoms with Crippen LogP contribution in [-0.4, -0.2) is 61.2 Å². The van der Waals surface area contributed by atoms with Gasteiger partial charge in [0.05, 0.1) is 0 Å². The second kappa shape index (κ2) is 6.36. The van der Waals surface area contributed by atoms with Crippen LogP contribution in [0.2, 0.25) is 5.15 Å². The van der Waals surface area contributed by atoms with Crippen molar-refractivity contribution in [2.24, 2.45) is 0 Å². The van der Waals surface area contributed by atoms with E-state index in [1.165, 1.54) is 12.8 Å². The maximum absolute atomic E-state index is 6.21. The molecule has 2 aliphatic heterocycles. The van der Waals surface area contributed by atoms with E-state index in [1.54, 1.807) is 0 Å². The Labute approximate surface area is 131 Å². The van der Waals surface area contributed by atoms with Crippen LogP contribution in [0.5, 0.6) is 0 Å². The smallest absolute Gasteiger partial charge is 0.228 e. The summed E-state index contributed by atoms with van der Waals surface area (Å²) in [7, 11) is 4.31. The molecule has 1 aromatic heterocycles. The van der Waals surface area contributed by atoms with Crippen LogP contribution >= 0.6 is 11.6 Å². The molecule has 3 rings (SSSR count). The summed E-state index contributed by atoms with van der Waals surface area (Å²) < 4.78 is 0. The van der Waals surface area contributed by atoms with Gasteiger partial charge in [-0.1, -0.05) is 11.6 Å². The van der Waals surface area contributed by atoms with Crippen molar-refractivity contribution in [3.63, 3.8) is 0 Å². The minimum absolute atomic E-state index is 0.552. The van der Waals surface area contributed by atoms with Crippen LogP contribution < -0.4 is 9.80 Å². The molecule has 0 aliphatic carbocycles. The van der Waals surface area contributed by atoms with Gasteiger partial charge in [-0.25, -0.2) is 4.98 Å². The van der Waals surface area contributed by atoms with Crippen molar-refractivity contribution in [2.45, 2.75) is 31.7 Å². The molecule has 0 unspecified atom stereocenters. The molecule has 116 valence electrons. The first-order valence-electron chi connectivity index (χ1n) is 7.84. The van der Waals surface area contributed by atoms with E-state index < -0.39 is 0 Å². The maximum Gasteiger partial charge on any atom is 0.228 e. The molecule has 0 radical (unpaired) electrons. The first-order valence-corrected chi connectivity index (χ1v) is 8.22. The van der Waals surface area contributed by atoms with E-state index in [2.05, 4.69) is 33.8 Å². The highest BCUT2D eigenvalue weighted by Crippen LogP contribution is 2.25. The summed E-state index contributed by atoms with van der Waals surface area (Å²) in [6.07, 6.45) is 4.79. The Hall–Kier alpha value is -1.07. The minimum atomic E-state index is 0.552. The quantitative estimate of drug-likeness (QED) is 0.800. The molecule has 0 atom stereocenters. The number of anilines is 2. The molecule has 0 bridgehead atoms. The van der Waals surface area contributed by atoms with Crippen LogP contribution in [0, 0.1) is 0 Å². The largest absolute Gasteiger partial charge is 0.356 e. The zero-order chi connectivity index (χ0) is 14.8. The Kier molecular flexibility index (Phi) is 4.50. The number of aromatic nitrogens is 2. The van der Waals surface area contributed by atoms with Gasteiger partial charge in [0.25, 0.3) is 0 Å². The van der Waals surface area contributed by atoms with E-state index in [0.717, 1.165) is 50.8 Å². The molecule has 5 nitrogen and oxygen atoms in total. The van der Waals surface area contributed by atoms with Crippen LogP contribution in [-0.2, 0) is 0 Å². The van der Waals surface area contributed by atoms with Crippen molar-refractivity contribution in [3.8, 4) is 0 Å². The van der Waals surface area contributed by atoms with Crippen LogP contribution in [0.3, 0.4) is 0 Å². The average Bonchev–Trinajstić information content (AvgIpc) is 3.01. The zero-order valence-corrected chi connectivity index (χ0v) is 13.7. The van der Waals surface area contributed by atoms with Gasteiger partial charge in [-0.15, -0.1) is 0 Å². The van der Waals surface area contributed by atoms with Crippen LogP contribution in [0.1, 0.15) is 25.7 Å². The van der Waals surface area contributed by atoms with Gasteiger partial charge < -0.3 is 14.7 Å². The molecule has 3 heterocycles. The van der Waals surface area contributed by atoms with Gasteiger partial charge in [-0.3, -0.25) is 0 Å². The molecule has 2 saturated heterocycles. The molecule has 21 heavy (non-hydrogen) atoms. The minimum Gasteiger partial charge on any atom is -0.356 e. The summed E-state index contributed by atoms with van der Waals surface area (Å²) in [5.41, 5.74) is 0. The second-order valence-corrected chi connectivity index (χ2v) is 6.61. The Balaban J connectivity index is 1.73. The summed E-state index contributed by atoms with van der Waals surface area (Å²) in [6.45, 7) is 4.16. The van der Waals surface area contributed by atoms with E-state index in [9.17, 15) is 0 Å². The standard InChI is InChI=1S/C15H24ClN5/c1-19(2)12-5-9-21(10-6-12)15-17-13(16)11-14(18-15)20-7-3-4-8-20/h11-12H,3-10H2,1-2H3. The molecule has 2 aliphatic rings. The van der Waals surface area contributed by atoms with Gasteiger partial charge in [0.1, 0.15) is 11.0 Å². The fraction of sp³-hybridized carbons (Fsp3) is 0.733. The van der Waals surface area contributed by atoms with Gasteiger partial charge in [-0.2, -0.15) is 4.98 Å². The highest BCUT2D eigenvalue weighted by Gasteiger charge is 2.23. The summed E-state index contributed by atoms with van der Waals surface area (Å²) in [5.74, 6) is 1.78. The highest BCUT2D eigenvalue weighted by atomic mass is 35.5. The number of hydrogen-bond donors (Lipinski definition) is 0. The van der Waals surface area contributed by atoms with Gasteiger partial charge in [0.15, 0.2) is 0 Å². The molecule has 0 saturated carbocycles. The van der Waals surface area contributed by atoms with E-state index >= 15 is 0 Å². The van der Waals surface area contributed by atoms with E-state index in [1.807, 2.05) is 6.07 Å². The van der Waals surface area contributed by atoms with E-state index in [4.69, 9.17) is 16.6 Å². The molecule has 0 amide bonds. The molecule has 1 aromatic rings. The number of nitrogens with zero attached hydrogens (tertiary/aromatic N) is 5. The van der Waals surface area contributed by atoms with Crippen molar-refractivity contribution >= 4 is 23.4 Å². The van der Waals surface area contributed by atoms with Crippen LogP contribution in [0.4, 0.5) is 11.8 Å². The third kappa shape index (κ3) is 3.40. The number of halogens is 1. The topological polar surface area (TPSA) is 35.5 Å². The predicted molar refractivity (Wildman–Crippen MR) is 87.4 cm³/mol. The van der Waals surface area contributed by atoms with Crippen LogP contribution in [0.25, 0.3) is 0 Å². The third-order valence-corrected chi connectivity index (χ3v) is 4.77. The summed E-state index contributed by atoms with van der Waals surface area (Å²) in [4.78, 5) is 16.1. The lowest BCUT2D eigenvalue weighted by molar-refractivity contribution is 0.249. The molecule has 0 spiro atoms. The lowest BCUT2D eigenvalue weighted by Crippen LogP contribution is -2.42. The first-order chi connectivity index (χ1) is 10.1. The molecular formula is C15H24ClN5. The predicted octanol–water partition coefficient (Wildman–Crippen LogP) is 2.26. The Morgan fingerprint density at radius 1 is 1.05 bits per heavy atom. The zero-order valence-electron chi connectivity index (χ0n) is 12.9. The van der Waals surface area contributed by atoms with E-state index in [-0.39, 0.29) is 0 Å². The first kappa shape index (κ1) is 14.9. The SMILES string of the molecule is CN(C)C1CCN(c2nc(Cl)cc(N3CCCC3)n2)CC1. The normalized spacial score (nSPS) is 20.6. The second-order valence-electron chi connectivity index (χ2n) is 6.22. The monoisotopic (exact) mass is 309 g/mol. The highest BCUT2D eigenvalue weighted by molar-refractivity contribution is 6.29. The third-order valence-electron chi connectivity index (χ3n) is 4.58. The van der Waals surface area contributed by atoms with Gasteiger partial charge in [0, 0.05) is 38.3 Å². The summed E-state index contributed by atoms with van der Waals surface area (Å²) in [5, 5.41) is 0.552. The van der Waals surface area contributed by atoms with Crippen molar-refractivity contribution < 1.29 is 0 Å².